The predicted molar refractivity (Wildman–Crippen MR) is 67.1 cm³/mol. The number of hydrogen-bond acceptors (Lipinski definition) is 3. The lowest BCUT2D eigenvalue weighted by molar-refractivity contribution is 0.415. The first kappa shape index (κ1) is 10.1. The molecule has 0 atom stereocenters. The molecule has 0 fully saturated rings. The smallest absolute Gasteiger partial charge is 0.137 e. The molecule has 86 valence electrons. The molecule has 4 heteroatoms. The normalized spacial score (nSPS) is 11.2. The number of pyridine rings is 1. The van der Waals surface area contributed by atoms with Crippen molar-refractivity contribution in [3.8, 4) is 5.75 Å². The maximum Gasteiger partial charge on any atom is 0.137 e. The van der Waals surface area contributed by atoms with E-state index in [0.717, 1.165) is 28.0 Å². The maximum absolute atomic E-state index is 5.61. The quantitative estimate of drug-likeness (QED) is 0.728. The number of nitrogens with zero attached hydrogens (tertiary/aromatic N) is 2. The maximum atomic E-state index is 5.61. The molecular weight excluding hydrogens is 214 g/mol. The van der Waals surface area contributed by atoms with Crippen LogP contribution in [0.2, 0.25) is 0 Å². The SMILES string of the molecule is COc1ccc2c(ccc3nc(CN)cn32)c1. The first-order valence-corrected chi connectivity index (χ1v) is 5.46. The Hall–Kier alpha value is -2.07. The minimum Gasteiger partial charge on any atom is -0.497 e. The van der Waals surface area contributed by atoms with Crippen LogP contribution in [0.3, 0.4) is 0 Å². The molecular formula is C13H13N3O. The van der Waals surface area contributed by atoms with Gasteiger partial charge in [-0.05, 0) is 30.3 Å². The molecule has 1 aromatic carbocycles. The number of methoxy groups -OCH3 is 1. The van der Waals surface area contributed by atoms with Crippen LogP contribution in [-0.2, 0) is 6.54 Å². The summed E-state index contributed by atoms with van der Waals surface area (Å²) in [6, 6.07) is 10.0. The molecule has 2 heterocycles. The first-order valence-electron chi connectivity index (χ1n) is 5.46. The number of nitrogens with two attached hydrogens (primary N) is 1. The Morgan fingerprint density at radius 2 is 2.18 bits per heavy atom. The van der Waals surface area contributed by atoms with Gasteiger partial charge < -0.3 is 10.5 Å². The Labute approximate surface area is 98.6 Å². The minimum atomic E-state index is 0.458. The van der Waals surface area contributed by atoms with Gasteiger partial charge in [-0.2, -0.15) is 0 Å². The highest BCUT2D eigenvalue weighted by molar-refractivity contribution is 5.83. The van der Waals surface area contributed by atoms with E-state index in [1.165, 1.54) is 0 Å². The van der Waals surface area contributed by atoms with Crippen molar-refractivity contribution in [2.75, 3.05) is 7.11 Å². The van der Waals surface area contributed by atoms with E-state index >= 15 is 0 Å². The van der Waals surface area contributed by atoms with E-state index in [2.05, 4.69) is 9.38 Å². The number of rotatable bonds is 2. The highest BCUT2D eigenvalue weighted by Gasteiger charge is 2.04. The average molecular weight is 227 g/mol. The first-order chi connectivity index (χ1) is 8.31. The molecule has 0 aliphatic rings. The zero-order chi connectivity index (χ0) is 11.8. The van der Waals surface area contributed by atoms with Gasteiger partial charge in [-0.1, -0.05) is 0 Å². The average Bonchev–Trinajstić information content (AvgIpc) is 2.81. The van der Waals surface area contributed by atoms with Crippen LogP contribution in [0, 0.1) is 0 Å². The summed E-state index contributed by atoms with van der Waals surface area (Å²) in [5.74, 6) is 0.857. The van der Waals surface area contributed by atoms with Gasteiger partial charge in [-0.25, -0.2) is 4.98 Å². The van der Waals surface area contributed by atoms with Gasteiger partial charge in [0.05, 0.1) is 18.3 Å². The summed E-state index contributed by atoms with van der Waals surface area (Å²) in [7, 11) is 1.67. The van der Waals surface area contributed by atoms with Gasteiger partial charge in [0, 0.05) is 18.1 Å². The lowest BCUT2D eigenvalue weighted by Crippen LogP contribution is -1.95. The molecule has 2 N–H and O–H groups in total. The standard InChI is InChI=1S/C13H13N3O/c1-17-11-3-4-12-9(6-11)2-5-13-15-10(7-14)8-16(12)13/h2-6,8H,7,14H2,1H3. The molecule has 0 radical (unpaired) electrons. The molecule has 0 saturated carbocycles. The molecule has 0 saturated heterocycles. The topological polar surface area (TPSA) is 52.5 Å². The lowest BCUT2D eigenvalue weighted by atomic mass is 10.2. The van der Waals surface area contributed by atoms with Gasteiger partial charge in [0.2, 0.25) is 0 Å². The van der Waals surface area contributed by atoms with Crippen molar-refractivity contribution < 1.29 is 4.74 Å². The van der Waals surface area contributed by atoms with E-state index in [1.54, 1.807) is 7.11 Å². The van der Waals surface area contributed by atoms with Crippen LogP contribution in [0.5, 0.6) is 5.75 Å². The van der Waals surface area contributed by atoms with Crippen LogP contribution in [0.15, 0.2) is 36.5 Å². The second-order valence-electron chi connectivity index (χ2n) is 3.92. The van der Waals surface area contributed by atoms with Crippen LogP contribution < -0.4 is 10.5 Å². The Morgan fingerprint density at radius 1 is 1.29 bits per heavy atom. The third-order valence-electron chi connectivity index (χ3n) is 2.90. The Balaban J connectivity index is 2.35. The van der Waals surface area contributed by atoms with E-state index in [9.17, 15) is 0 Å². The Morgan fingerprint density at radius 3 is 2.94 bits per heavy atom. The molecule has 0 bridgehead atoms. The summed E-state index contributed by atoms with van der Waals surface area (Å²) in [5.41, 5.74) is 8.53. The Bertz CT molecular complexity index is 688. The van der Waals surface area contributed by atoms with E-state index in [-0.39, 0.29) is 0 Å². The molecule has 0 aliphatic carbocycles. The lowest BCUT2D eigenvalue weighted by Gasteiger charge is -2.04. The summed E-state index contributed by atoms with van der Waals surface area (Å²) in [6.45, 7) is 0.458. The van der Waals surface area contributed by atoms with Crippen molar-refractivity contribution in [3.05, 3.63) is 42.2 Å². The number of benzene rings is 1. The van der Waals surface area contributed by atoms with Crippen LogP contribution in [0.1, 0.15) is 5.69 Å². The van der Waals surface area contributed by atoms with Crippen molar-refractivity contribution in [1.82, 2.24) is 9.38 Å². The van der Waals surface area contributed by atoms with Crippen LogP contribution in [0.4, 0.5) is 0 Å². The largest absolute Gasteiger partial charge is 0.497 e. The Kier molecular flexibility index (Phi) is 2.23. The van der Waals surface area contributed by atoms with Gasteiger partial charge in [-0.3, -0.25) is 4.40 Å². The number of ether oxygens (including phenoxy) is 1. The third kappa shape index (κ3) is 1.54. The highest BCUT2D eigenvalue weighted by Crippen LogP contribution is 2.22. The highest BCUT2D eigenvalue weighted by atomic mass is 16.5. The second-order valence-corrected chi connectivity index (χ2v) is 3.92. The molecule has 0 unspecified atom stereocenters. The van der Waals surface area contributed by atoms with Crippen LogP contribution >= 0.6 is 0 Å². The van der Waals surface area contributed by atoms with Gasteiger partial charge >= 0.3 is 0 Å². The summed E-state index contributed by atoms with van der Waals surface area (Å²) in [4.78, 5) is 4.43. The summed E-state index contributed by atoms with van der Waals surface area (Å²) >= 11 is 0. The fourth-order valence-electron chi connectivity index (χ4n) is 2.03. The molecule has 0 spiro atoms. The van der Waals surface area contributed by atoms with E-state index in [4.69, 9.17) is 10.5 Å². The van der Waals surface area contributed by atoms with Crippen LogP contribution in [0.25, 0.3) is 16.6 Å². The van der Waals surface area contributed by atoms with Gasteiger partial charge in [-0.15, -0.1) is 0 Å². The molecule has 17 heavy (non-hydrogen) atoms. The van der Waals surface area contributed by atoms with Crippen LogP contribution in [-0.4, -0.2) is 16.5 Å². The van der Waals surface area contributed by atoms with E-state index < -0.39 is 0 Å². The monoisotopic (exact) mass is 227 g/mol. The predicted octanol–water partition coefficient (Wildman–Crippen LogP) is 1.95. The molecule has 3 aromatic rings. The molecule has 0 amide bonds. The summed E-state index contributed by atoms with van der Waals surface area (Å²) in [6.07, 6.45) is 1.98. The zero-order valence-electron chi connectivity index (χ0n) is 9.55. The van der Waals surface area contributed by atoms with Gasteiger partial charge in [0.15, 0.2) is 0 Å². The minimum absolute atomic E-state index is 0.458. The second kappa shape index (κ2) is 3.75. The fraction of sp³-hybridized carbons (Fsp3) is 0.154. The molecule has 0 aliphatic heterocycles. The van der Waals surface area contributed by atoms with Gasteiger partial charge in [0.1, 0.15) is 11.4 Å². The molecule has 4 nitrogen and oxygen atoms in total. The zero-order valence-corrected chi connectivity index (χ0v) is 9.55. The molecule has 3 rings (SSSR count). The van der Waals surface area contributed by atoms with Crippen molar-refractivity contribution in [2.24, 2.45) is 5.73 Å². The summed E-state index contributed by atoms with van der Waals surface area (Å²) in [5, 5.41) is 1.12. The van der Waals surface area contributed by atoms with Gasteiger partial charge in [0.25, 0.3) is 0 Å². The number of fused-ring (bicyclic) bond motifs is 3. The summed E-state index contributed by atoms with van der Waals surface area (Å²) < 4.78 is 7.27. The number of hydrogen-bond donors (Lipinski definition) is 1. The van der Waals surface area contributed by atoms with Crippen molar-refractivity contribution in [3.63, 3.8) is 0 Å². The third-order valence-corrected chi connectivity index (χ3v) is 2.90. The van der Waals surface area contributed by atoms with Crippen molar-refractivity contribution in [1.29, 1.82) is 0 Å². The number of aromatic nitrogens is 2. The number of imidazole rings is 1. The van der Waals surface area contributed by atoms with Crippen molar-refractivity contribution >= 4 is 16.6 Å². The van der Waals surface area contributed by atoms with E-state index in [0.29, 0.717) is 6.54 Å². The molecule has 2 aromatic heterocycles. The fourth-order valence-corrected chi connectivity index (χ4v) is 2.03. The van der Waals surface area contributed by atoms with Crippen molar-refractivity contribution in [2.45, 2.75) is 6.54 Å². The van der Waals surface area contributed by atoms with E-state index in [1.807, 2.05) is 36.5 Å².